The first kappa shape index (κ1) is 16.0. The molecule has 1 nitrogen and oxygen atoms in total. The van der Waals surface area contributed by atoms with Crippen LogP contribution in [0.1, 0.15) is 5.56 Å². The first-order valence-electron chi connectivity index (χ1n) is 8.08. The number of aryl methyl sites for hydroxylation is 1. The van der Waals surface area contributed by atoms with Gasteiger partial charge in [-0.3, -0.25) is 0 Å². The van der Waals surface area contributed by atoms with Crippen molar-refractivity contribution in [2.75, 3.05) is 0 Å². The number of hydrogen-bond acceptors (Lipinski definition) is 1. The number of rotatable bonds is 3. The Hall–Kier alpha value is -1.87. The monoisotopic (exact) mass is 363 g/mol. The third-order valence-corrected chi connectivity index (χ3v) is 8.70. The van der Waals surface area contributed by atoms with E-state index in [1.165, 1.54) is 26.6 Å². The molecule has 0 aliphatic heterocycles. The van der Waals surface area contributed by atoms with Crippen LogP contribution in [-0.2, 0) is 0 Å². The van der Waals surface area contributed by atoms with Crippen molar-refractivity contribution < 1.29 is 0 Å². The van der Waals surface area contributed by atoms with Crippen molar-refractivity contribution in [3.63, 3.8) is 0 Å². The van der Waals surface area contributed by atoms with E-state index in [-0.39, 0.29) is 0 Å². The summed E-state index contributed by atoms with van der Waals surface area (Å²) in [4.78, 5) is 4.73. The van der Waals surface area contributed by atoms with E-state index < -0.39 is 13.3 Å². The van der Waals surface area contributed by atoms with E-state index >= 15 is 0 Å². The van der Waals surface area contributed by atoms with Gasteiger partial charge < -0.3 is 0 Å². The zero-order valence-corrected chi connectivity index (χ0v) is 16.4. The van der Waals surface area contributed by atoms with Gasteiger partial charge in [0.1, 0.15) is 0 Å². The van der Waals surface area contributed by atoms with E-state index in [0.29, 0.717) is 0 Å². The van der Waals surface area contributed by atoms with Gasteiger partial charge in [0.15, 0.2) is 0 Å². The van der Waals surface area contributed by atoms with Gasteiger partial charge in [-0.1, -0.05) is 0 Å². The van der Waals surface area contributed by atoms with Crippen molar-refractivity contribution in [3.8, 4) is 22.4 Å². The van der Waals surface area contributed by atoms with Crippen LogP contribution in [0.5, 0.6) is 0 Å². The Labute approximate surface area is 141 Å². The second-order valence-corrected chi connectivity index (χ2v) is 17.6. The maximum absolute atomic E-state index is 4.73. The summed E-state index contributed by atoms with van der Waals surface area (Å²) < 4.78 is 1.50. The summed E-state index contributed by atoms with van der Waals surface area (Å²) in [6.45, 7) is 2.22. The molecule has 0 saturated carbocycles. The first-order chi connectivity index (χ1) is 10.9. The molecule has 0 N–H and O–H groups in total. The molecule has 0 fully saturated rings. The fraction of sp³-hybridized carbons (Fsp3) is 0.190. The summed E-state index contributed by atoms with van der Waals surface area (Å²) in [5, 5.41) is 0. The zero-order chi connectivity index (χ0) is 16.4. The fourth-order valence-electron chi connectivity index (χ4n) is 2.96. The van der Waals surface area contributed by atoms with Gasteiger partial charge in [-0.05, 0) is 0 Å². The molecule has 0 atom stereocenters. The molecule has 0 radical (unpaired) electrons. The number of benzene rings is 2. The van der Waals surface area contributed by atoms with Gasteiger partial charge in [0.05, 0.1) is 0 Å². The second-order valence-electron chi connectivity index (χ2n) is 7.08. The van der Waals surface area contributed by atoms with Crippen molar-refractivity contribution in [2.45, 2.75) is 24.2 Å². The minimum absolute atomic E-state index is 1.07. The van der Waals surface area contributed by atoms with Crippen molar-refractivity contribution in [1.82, 2.24) is 4.98 Å². The molecule has 23 heavy (non-hydrogen) atoms. The fourth-order valence-corrected chi connectivity index (χ4v) is 6.54. The Balaban J connectivity index is 1.93. The molecule has 0 spiro atoms. The van der Waals surface area contributed by atoms with Crippen LogP contribution in [0.2, 0.25) is 17.3 Å². The van der Waals surface area contributed by atoms with Crippen molar-refractivity contribution in [3.05, 3.63) is 72.4 Å². The van der Waals surface area contributed by atoms with E-state index in [9.17, 15) is 0 Å². The molecule has 2 aromatic carbocycles. The van der Waals surface area contributed by atoms with Gasteiger partial charge in [-0.25, -0.2) is 0 Å². The Bertz CT molecular complexity index is 799. The summed E-state index contributed by atoms with van der Waals surface area (Å²) in [7, 11) is 0. The molecule has 1 heterocycles. The van der Waals surface area contributed by atoms with E-state index in [1.54, 1.807) is 0 Å². The van der Waals surface area contributed by atoms with Gasteiger partial charge in [0.25, 0.3) is 0 Å². The van der Waals surface area contributed by atoms with Crippen molar-refractivity contribution in [1.29, 1.82) is 0 Å². The third-order valence-electron chi connectivity index (χ3n) is 4.21. The summed E-state index contributed by atoms with van der Waals surface area (Å²) in [5.41, 5.74) is 6.12. The van der Waals surface area contributed by atoms with E-state index in [4.69, 9.17) is 4.98 Å². The molecular formula is C21H23GeN. The molecule has 0 unspecified atom stereocenters. The molecule has 116 valence electrons. The predicted molar refractivity (Wildman–Crippen MR) is 103 cm³/mol. The van der Waals surface area contributed by atoms with Crippen molar-refractivity contribution >= 4 is 17.7 Å². The summed E-state index contributed by atoms with van der Waals surface area (Å²) in [6.07, 6.45) is 2.11. The standard InChI is InChI=1S/C21H23GeN/c1-16-14-21(23-15-20(16)22(2,3)4)19-12-10-18(11-13-19)17-8-6-5-7-9-17/h5-15H,1-4H3. The molecule has 0 amide bonds. The summed E-state index contributed by atoms with van der Waals surface area (Å²) in [5.74, 6) is 7.25. The van der Waals surface area contributed by atoms with Crippen LogP contribution in [0.15, 0.2) is 66.9 Å². The van der Waals surface area contributed by atoms with Crippen LogP contribution in [0.25, 0.3) is 22.4 Å². The quantitative estimate of drug-likeness (QED) is 0.579. The van der Waals surface area contributed by atoms with Crippen molar-refractivity contribution in [2.24, 2.45) is 0 Å². The van der Waals surface area contributed by atoms with Crippen LogP contribution in [-0.4, -0.2) is 18.3 Å². The first-order valence-corrected chi connectivity index (χ1v) is 15.4. The van der Waals surface area contributed by atoms with Crippen LogP contribution in [0.3, 0.4) is 0 Å². The molecule has 0 aliphatic rings. The molecule has 0 aliphatic carbocycles. The second kappa shape index (κ2) is 6.33. The molecule has 0 saturated heterocycles. The Morgan fingerprint density at radius 3 is 1.87 bits per heavy atom. The Morgan fingerprint density at radius 1 is 0.739 bits per heavy atom. The third kappa shape index (κ3) is 3.56. The number of hydrogen-bond donors (Lipinski definition) is 0. The topological polar surface area (TPSA) is 12.9 Å². The van der Waals surface area contributed by atoms with Crippen LogP contribution in [0.4, 0.5) is 0 Å². The van der Waals surface area contributed by atoms with E-state index in [1.807, 2.05) is 6.07 Å². The Morgan fingerprint density at radius 2 is 1.30 bits per heavy atom. The zero-order valence-electron chi connectivity index (χ0n) is 14.3. The molecular weight excluding hydrogens is 339 g/mol. The Kier molecular flexibility index (Phi) is 4.40. The van der Waals surface area contributed by atoms with Gasteiger partial charge >= 0.3 is 142 Å². The van der Waals surface area contributed by atoms with Gasteiger partial charge in [0, 0.05) is 0 Å². The number of aromatic nitrogens is 1. The van der Waals surface area contributed by atoms with E-state index in [0.717, 1.165) is 5.69 Å². The van der Waals surface area contributed by atoms with Crippen LogP contribution in [0, 0.1) is 6.92 Å². The average molecular weight is 362 g/mol. The molecule has 3 rings (SSSR count). The number of nitrogens with zero attached hydrogens (tertiary/aromatic N) is 1. The van der Waals surface area contributed by atoms with Gasteiger partial charge in [-0.15, -0.1) is 0 Å². The maximum atomic E-state index is 4.73. The summed E-state index contributed by atoms with van der Waals surface area (Å²) in [6, 6.07) is 21.4. The SMILES string of the molecule is Cc1cc(-c2ccc(-c3ccccc3)cc2)nc[c]1[Ge]([CH3])([CH3])[CH3]. The predicted octanol–water partition coefficient (Wildman–Crippen LogP) is 5.27. The van der Waals surface area contributed by atoms with Gasteiger partial charge in [0.2, 0.25) is 0 Å². The minimum atomic E-state index is -1.82. The average Bonchev–Trinajstić information content (AvgIpc) is 2.54. The molecule has 3 aromatic rings. The molecule has 0 bridgehead atoms. The molecule has 1 aromatic heterocycles. The molecule has 2 heteroatoms. The summed E-state index contributed by atoms with van der Waals surface area (Å²) >= 11 is -1.82. The number of pyridine rings is 1. The van der Waals surface area contributed by atoms with E-state index in [2.05, 4.69) is 85.0 Å². The normalized spacial score (nSPS) is 11.5. The van der Waals surface area contributed by atoms with Gasteiger partial charge in [-0.2, -0.15) is 0 Å². The van der Waals surface area contributed by atoms with Crippen LogP contribution < -0.4 is 4.40 Å². The van der Waals surface area contributed by atoms with Crippen LogP contribution >= 0.6 is 0 Å².